The Balaban J connectivity index is 1.28. The van der Waals surface area contributed by atoms with Crippen molar-refractivity contribution in [3.8, 4) is 0 Å². The summed E-state index contributed by atoms with van der Waals surface area (Å²) in [5, 5.41) is 0.792. The lowest BCUT2D eigenvalue weighted by Gasteiger charge is -2.34. The molecule has 2 saturated heterocycles. The van der Waals surface area contributed by atoms with E-state index in [1.807, 2.05) is 0 Å². The van der Waals surface area contributed by atoms with Crippen LogP contribution in [0.3, 0.4) is 0 Å². The largest absolute Gasteiger partial charge is 0.345 e. The molecule has 0 saturated carbocycles. The Morgan fingerprint density at radius 2 is 1.68 bits per heavy atom. The number of sulfone groups is 1. The van der Waals surface area contributed by atoms with Crippen molar-refractivity contribution in [2.24, 2.45) is 0 Å². The van der Waals surface area contributed by atoms with Gasteiger partial charge in [0.15, 0.2) is 15.0 Å². The molecule has 3 amide bonds. The standard InChI is InChI=1S/C23H22N4O5S2/c1-34(31,32)17-5-6-18-19(14-17)33-23(24-18)26-11-9-25(10-12-26)22(30)15-3-2-4-16(13-15)27-20(28)7-8-21(27)29/h2-6,13-14H,7-12H2,1H3. The molecule has 9 nitrogen and oxygen atoms in total. The van der Waals surface area contributed by atoms with E-state index in [1.165, 1.54) is 17.6 Å². The van der Waals surface area contributed by atoms with Gasteiger partial charge in [0.1, 0.15) is 0 Å². The maximum absolute atomic E-state index is 13.1. The van der Waals surface area contributed by atoms with E-state index in [0.29, 0.717) is 37.4 Å². The molecule has 0 radical (unpaired) electrons. The molecule has 5 rings (SSSR count). The normalized spacial score (nSPS) is 17.1. The first kappa shape index (κ1) is 22.5. The highest BCUT2D eigenvalue weighted by Crippen LogP contribution is 2.31. The average Bonchev–Trinajstić information content (AvgIpc) is 3.40. The van der Waals surface area contributed by atoms with Gasteiger partial charge in [0, 0.05) is 50.8 Å². The molecule has 0 aliphatic carbocycles. The third kappa shape index (κ3) is 4.16. The number of amides is 3. The summed E-state index contributed by atoms with van der Waals surface area (Å²) in [5.74, 6) is -0.645. The highest BCUT2D eigenvalue weighted by atomic mass is 32.2. The molecule has 2 fully saturated rings. The Morgan fingerprint density at radius 1 is 0.971 bits per heavy atom. The van der Waals surface area contributed by atoms with Crippen LogP contribution in [0.1, 0.15) is 23.2 Å². The summed E-state index contributed by atoms with van der Waals surface area (Å²) in [6.07, 6.45) is 1.57. The van der Waals surface area contributed by atoms with Gasteiger partial charge in [-0.3, -0.25) is 19.3 Å². The predicted molar refractivity (Wildman–Crippen MR) is 129 cm³/mol. The molecule has 2 aliphatic heterocycles. The minimum atomic E-state index is -3.29. The van der Waals surface area contributed by atoms with Crippen LogP contribution in [0.15, 0.2) is 47.4 Å². The van der Waals surface area contributed by atoms with Crippen molar-refractivity contribution in [2.75, 3.05) is 42.2 Å². The number of benzene rings is 2. The molecule has 2 aromatic carbocycles. The number of nitrogens with zero attached hydrogens (tertiary/aromatic N) is 4. The van der Waals surface area contributed by atoms with Crippen LogP contribution in [-0.2, 0) is 19.4 Å². The number of thiazole rings is 1. The summed E-state index contributed by atoms with van der Waals surface area (Å²) in [4.78, 5) is 47.1. The first-order valence-electron chi connectivity index (χ1n) is 10.8. The molecular weight excluding hydrogens is 476 g/mol. The lowest BCUT2D eigenvalue weighted by Crippen LogP contribution is -2.48. The highest BCUT2D eigenvalue weighted by molar-refractivity contribution is 7.90. The van der Waals surface area contributed by atoms with Crippen molar-refractivity contribution in [3.63, 3.8) is 0 Å². The molecule has 0 N–H and O–H groups in total. The van der Waals surface area contributed by atoms with Gasteiger partial charge >= 0.3 is 0 Å². The molecule has 11 heteroatoms. The molecule has 176 valence electrons. The number of hydrogen-bond acceptors (Lipinski definition) is 8. The maximum atomic E-state index is 13.1. The van der Waals surface area contributed by atoms with Crippen LogP contribution in [0.2, 0.25) is 0 Å². The van der Waals surface area contributed by atoms with E-state index in [2.05, 4.69) is 9.88 Å². The van der Waals surface area contributed by atoms with Gasteiger partial charge in [-0.25, -0.2) is 13.4 Å². The SMILES string of the molecule is CS(=O)(=O)c1ccc2nc(N3CCN(C(=O)c4cccc(N5C(=O)CCC5=O)c4)CC3)sc2c1. The van der Waals surface area contributed by atoms with Gasteiger partial charge in [-0.15, -0.1) is 0 Å². The predicted octanol–water partition coefficient (Wildman–Crippen LogP) is 2.32. The first-order chi connectivity index (χ1) is 16.2. The van der Waals surface area contributed by atoms with E-state index in [0.717, 1.165) is 20.2 Å². The van der Waals surface area contributed by atoms with E-state index in [-0.39, 0.29) is 35.5 Å². The van der Waals surface area contributed by atoms with Crippen LogP contribution in [0.5, 0.6) is 0 Å². The van der Waals surface area contributed by atoms with Crippen LogP contribution in [0.4, 0.5) is 10.8 Å². The fourth-order valence-electron chi connectivity index (χ4n) is 4.18. The van der Waals surface area contributed by atoms with E-state index in [9.17, 15) is 22.8 Å². The van der Waals surface area contributed by atoms with E-state index in [1.54, 1.807) is 47.4 Å². The zero-order chi connectivity index (χ0) is 24.0. The van der Waals surface area contributed by atoms with Gasteiger partial charge in [-0.05, 0) is 36.4 Å². The van der Waals surface area contributed by atoms with Crippen molar-refractivity contribution in [2.45, 2.75) is 17.7 Å². The third-order valence-electron chi connectivity index (χ3n) is 6.02. The second kappa shape index (κ2) is 8.48. The molecule has 0 atom stereocenters. The summed E-state index contributed by atoms with van der Waals surface area (Å²) < 4.78 is 24.5. The summed E-state index contributed by atoms with van der Waals surface area (Å²) in [6, 6.07) is 11.6. The van der Waals surface area contributed by atoms with E-state index in [4.69, 9.17) is 0 Å². The Morgan fingerprint density at radius 3 is 2.35 bits per heavy atom. The highest BCUT2D eigenvalue weighted by Gasteiger charge is 2.31. The molecule has 34 heavy (non-hydrogen) atoms. The lowest BCUT2D eigenvalue weighted by atomic mass is 10.1. The van der Waals surface area contributed by atoms with E-state index >= 15 is 0 Å². The summed E-state index contributed by atoms with van der Waals surface area (Å²) in [6.45, 7) is 2.17. The second-order valence-corrected chi connectivity index (χ2v) is 11.4. The van der Waals surface area contributed by atoms with Crippen molar-refractivity contribution >= 4 is 59.9 Å². The van der Waals surface area contributed by atoms with Gasteiger partial charge in [-0.1, -0.05) is 17.4 Å². The van der Waals surface area contributed by atoms with Crippen LogP contribution >= 0.6 is 11.3 Å². The number of imide groups is 1. The Hall–Kier alpha value is -3.31. The molecular formula is C23H22N4O5S2. The van der Waals surface area contributed by atoms with Crippen molar-refractivity contribution in [1.29, 1.82) is 0 Å². The van der Waals surface area contributed by atoms with Gasteiger partial charge in [0.05, 0.1) is 20.8 Å². The van der Waals surface area contributed by atoms with Gasteiger partial charge in [0.25, 0.3) is 5.91 Å². The Labute approximate surface area is 200 Å². The lowest BCUT2D eigenvalue weighted by molar-refractivity contribution is -0.121. The number of piperazine rings is 1. The van der Waals surface area contributed by atoms with Crippen LogP contribution in [0.25, 0.3) is 10.2 Å². The molecule has 3 heterocycles. The monoisotopic (exact) mass is 498 g/mol. The number of aromatic nitrogens is 1. The Bertz CT molecular complexity index is 1410. The van der Waals surface area contributed by atoms with Crippen LogP contribution in [-0.4, -0.2) is 68.5 Å². The first-order valence-corrected chi connectivity index (χ1v) is 13.5. The smallest absolute Gasteiger partial charge is 0.254 e. The Kier molecular flexibility index (Phi) is 5.61. The van der Waals surface area contributed by atoms with Crippen LogP contribution in [0, 0.1) is 0 Å². The van der Waals surface area contributed by atoms with Crippen molar-refractivity contribution in [3.05, 3.63) is 48.0 Å². The fourth-order valence-corrected chi connectivity index (χ4v) is 5.96. The number of carbonyl (C=O) groups is 3. The van der Waals surface area contributed by atoms with Gasteiger partial charge in [0.2, 0.25) is 11.8 Å². The van der Waals surface area contributed by atoms with E-state index < -0.39 is 9.84 Å². The van der Waals surface area contributed by atoms with Gasteiger partial charge < -0.3 is 9.80 Å². The maximum Gasteiger partial charge on any atom is 0.254 e. The van der Waals surface area contributed by atoms with Crippen molar-refractivity contribution < 1.29 is 22.8 Å². The van der Waals surface area contributed by atoms with Crippen LogP contribution < -0.4 is 9.80 Å². The number of carbonyl (C=O) groups excluding carboxylic acids is 3. The molecule has 2 aliphatic rings. The zero-order valence-electron chi connectivity index (χ0n) is 18.4. The summed E-state index contributed by atoms with van der Waals surface area (Å²) in [7, 11) is -3.29. The zero-order valence-corrected chi connectivity index (χ0v) is 20.1. The molecule has 1 aromatic heterocycles. The number of anilines is 2. The molecule has 0 spiro atoms. The summed E-state index contributed by atoms with van der Waals surface area (Å²) in [5.41, 5.74) is 1.61. The molecule has 0 bridgehead atoms. The average molecular weight is 499 g/mol. The molecule has 3 aromatic rings. The number of hydrogen-bond donors (Lipinski definition) is 0. The minimum absolute atomic E-state index is 0.150. The summed E-state index contributed by atoms with van der Waals surface area (Å²) >= 11 is 1.43. The minimum Gasteiger partial charge on any atom is -0.345 e. The number of fused-ring (bicyclic) bond motifs is 1. The van der Waals surface area contributed by atoms with Gasteiger partial charge in [-0.2, -0.15) is 0 Å². The topological polar surface area (TPSA) is 108 Å². The molecule has 0 unspecified atom stereocenters. The van der Waals surface area contributed by atoms with Crippen molar-refractivity contribution in [1.82, 2.24) is 9.88 Å². The quantitative estimate of drug-likeness (QED) is 0.508. The fraction of sp³-hybridized carbons (Fsp3) is 0.304. The third-order valence-corrected chi connectivity index (χ3v) is 8.21. The second-order valence-electron chi connectivity index (χ2n) is 8.35. The number of rotatable bonds is 4.